The van der Waals surface area contributed by atoms with E-state index in [2.05, 4.69) is 20.4 Å². The fraction of sp³-hybridized carbons (Fsp3) is 0.222. The van der Waals surface area contributed by atoms with Gasteiger partial charge >= 0.3 is 6.18 Å². The summed E-state index contributed by atoms with van der Waals surface area (Å²) < 4.78 is 46.0. The standard InChI is InChI=1S/C27H26F3N5O2/c1-34(2)16-18-7-9-20(10-8-18)26(36)31-22-13-11-19(12-14-22)25-33-32-24(35(25)3)17-37-23-6-4-5-21(15-23)27(28,29)30/h4-15H,16-17H2,1-3H3,(H,31,36). The van der Waals surface area contributed by atoms with Crippen LogP contribution in [0.1, 0.15) is 27.3 Å². The molecule has 0 aliphatic carbocycles. The van der Waals surface area contributed by atoms with E-state index in [0.717, 1.165) is 29.8 Å². The van der Waals surface area contributed by atoms with Gasteiger partial charge in [0.15, 0.2) is 11.6 Å². The second-order valence-corrected chi connectivity index (χ2v) is 8.78. The number of hydrogen-bond donors (Lipinski definition) is 1. The molecule has 3 aromatic carbocycles. The monoisotopic (exact) mass is 509 g/mol. The summed E-state index contributed by atoms with van der Waals surface area (Å²) in [5.74, 6) is 0.878. The molecule has 4 aromatic rings. The maximum atomic E-state index is 12.9. The number of carbonyl (C=O) groups is 1. The van der Waals surface area contributed by atoms with Gasteiger partial charge in [0.05, 0.1) is 5.56 Å². The van der Waals surface area contributed by atoms with Gasteiger partial charge in [0.1, 0.15) is 12.4 Å². The lowest BCUT2D eigenvalue weighted by molar-refractivity contribution is -0.137. The number of carbonyl (C=O) groups excluding carboxylic acids is 1. The Morgan fingerprint density at radius 1 is 1.00 bits per heavy atom. The number of ether oxygens (including phenoxy) is 1. The van der Waals surface area contributed by atoms with Crippen molar-refractivity contribution >= 4 is 11.6 Å². The molecule has 0 aliphatic heterocycles. The predicted molar refractivity (Wildman–Crippen MR) is 134 cm³/mol. The Labute approximate surface area is 212 Å². The molecule has 7 nitrogen and oxygen atoms in total. The number of nitrogens with zero attached hydrogens (tertiary/aromatic N) is 4. The first-order valence-electron chi connectivity index (χ1n) is 11.4. The topological polar surface area (TPSA) is 72.3 Å². The summed E-state index contributed by atoms with van der Waals surface area (Å²) in [5, 5.41) is 11.2. The lowest BCUT2D eigenvalue weighted by Crippen LogP contribution is -2.13. The summed E-state index contributed by atoms with van der Waals surface area (Å²) in [6.07, 6.45) is -4.44. The molecule has 1 N–H and O–H groups in total. The van der Waals surface area contributed by atoms with Crippen LogP contribution in [0, 0.1) is 0 Å². The van der Waals surface area contributed by atoms with Gasteiger partial charge in [0.25, 0.3) is 5.91 Å². The highest BCUT2D eigenvalue weighted by atomic mass is 19.4. The number of alkyl halides is 3. The second kappa shape index (κ2) is 10.8. The third-order valence-corrected chi connectivity index (χ3v) is 5.61. The van der Waals surface area contributed by atoms with Crippen LogP contribution in [0.25, 0.3) is 11.4 Å². The fourth-order valence-electron chi connectivity index (χ4n) is 3.68. The fourth-order valence-corrected chi connectivity index (χ4v) is 3.68. The molecule has 37 heavy (non-hydrogen) atoms. The van der Waals surface area contributed by atoms with Crippen molar-refractivity contribution in [1.29, 1.82) is 0 Å². The summed E-state index contributed by atoms with van der Waals surface area (Å²) in [6.45, 7) is 0.747. The largest absolute Gasteiger partial charge is 0.486 e. The molecule has 0 unspecified atom stereocenters. The molecule has 0 fully saturated rings. The van der Waals surface area contributed by atoms with Crippen LogP contribution in [0.2, 0.25) is 0 Å². The van der Waals surface area contributed by atoms with Gasteiger partial charge in [0.2, 0.25) is 0 Å². The number of aromatic nitrogens is 3. The van der Waals surface area contributed by atoms with Gasteiger partial charge in [-0.2, -0.15) is 13.2 Å². The Kier molecular flexibility index (Phi) is 7.58. The van der Waals surface area contributed by atoms with Crippen molar-refractivity contribution in [3.63, 3.8) is 0 Å². The second-order valence-electron chi connectivity index (χ2n) is 8.78. The number of halogens is 3. The molecular formula is C27H26F3N5O2. The average molecular weight is 510 g/mol. The lowest BCUT2D eigenvalue weighted by Gasteiger charge is -2.11. The number of benzene rings is 3. The quantitative estimate of drug-likeness (QED) is 0.345. The van der Waals surface area contributed by atoms with E-state index >= 15 is 0 Å². The number of rotatable bonds is 8. The lowest BCUT2D eigenvalue weighted by atomic mass is 10.1. The maximum Gasteiger partial charge on any atom is 0.416 e. The minimum atomic E-state index is -4.44. The molecule has 0 saturated heterocycles. The average Bonchev–Trinajstić information content (AvgIpc) is 3.23. The van der Waals surface area contributed by atoms with Crippen molar-refractivity contribution in [3.8, 4) is 17.1 Å². The molecule has 0 spiro atoms. The number of anilines is 1. The normalized spacial score (nSPS) is 11.5. The smallest absolute Gasteiger partial charge is 0.416 e. The van der Waals surface area contributed by atoms with Crippen LogP contribution < -0.4 is 10.1 Å². The molecule has 0 saturated carbocycles. The third kappa shape index (κ3) is 6.53. The van der Waals surface area contributed by atoms with Gasteiger partial charge in [-0.25, -0.2) is 0 Å². The maximum absolute atomic E-state index is 12.9. The third-order valence-electron chi connectivity index (χ3n) is 5.61. The Hall–Kier alpha value is -4.18. The van der Waals surface area contributed by atoms with E-state index in [1.165, 1.54) is 12.1 Å². The highest BCUT2D eigenvalue weighted by molar-refractivity contribution is 6.04. The molecule has 1 heterocycles. The van der Waals surface area contributed by atoms with Crippen LogP contribution in [0.5, 0.6) is 5.75 Å². The number of hydrogen-bond acceptors (Lipinski definition) is 5. The zero-order chi connectivity index (χ0) is 26.6. The minimum absolute atomic E-state index is 0.0493. The molecule has 1 amide bonds. The van der Waals surface area contributed by atoms with Crippen LogP contribution in [-0.4, -0.2) is 39.7 Å². The van der Waals surface area contributed by atoms with Gasteiger partial charge < -0.3 is 19.5 Å². The Morgan fingerprint density at radius 3 is 2.35 bits per heavy atom. The van der Waals surface area contributed by atoms with Crippen LogP contribution in [0.4, 0.5) is 18.9 Å². The van der Waals surface area contributed by atoms with E-state index in [-0.39, 0.29) is 18.3 Å². The number of amides is 1. The molecule has 192 valence electrons. The highest BCUT2D eigenvalue weighted by Gasteiger charge is 2.30. The van der Waals surface area contributed by atoms with Crippen molar-refractivity contribution in [3.05, 3.63) is 95.3 Å². The first kappa shape index (κ1) is 25.9. The van der Waals surface area contributed by atoms with Crippen LogP contribution in [0.3, 0.4) is 0 Å². The van der Waals surface area contributed by atoms with Crippen molar-refractivity contribution in [2.75, 3.05) is 19.4 Å². The molecule has 0 aliphatic rings. The van der Waals surface area contributed by atoms with E-state index in [4.69, 9.17) is 4.74 Å². The Balaban J connectivity index is 1.39. The first-order chi connectivity index (χ1) is 17.6. The zero-order valence-corrected chi connectivity index (χ0v) is 20.6. The van der Waals surface area contributed by atoms with Crippen molar-refractivity contribution in [2.24, 2.45) is 7.05 Å². The summed E-state index contributed by atoms with van der Waals surface area (Å²) in [7, 11) is 5.72. The Morgan fingerprint density at radius 2 is 1.70 bits per heavy atom. The zero-order valence-electron chi connectivity index (χ0n) is 20.6. The highest BCUT2D eigenvalue weighted by Crippen LogP contribution is 2.31. The summed E-state index contributed by atoms with van der Waals surface area (Å²) in [6, 6.07) is 19.3. The molecule has 1 aromatic heterocycles. The van der Waals surface area contributed by atoms with E-state index in [0.29, 0.717) is 22.9 Å². The van der Waals surface area contributed by atoms with Crippen molar-refractivity contribution < 1.29 is 22.7 Å². The molecule has 4 rings (SSSR count). The van der Waals surface area contributed by atoms with Crippen LogP contribution in [0.15, 0.2) is 72.8 Å². The van der Waals surface area contributed by atoms with E-state index in [1.807, 2.05) is 26.2 Å². The van der Waals surface area contributed by atoms with Gasteiger partial charge in [0, 0.05) is 30.4 Å². The number of nitrogens with one attached hydrogen (secondary N) is 1. The molecule has 0 atom stereocenters. The van der Waals surface area contributed by atoms with Crippen molar-refractivity contribution in [2.45, 2.75) is 19.3 Å². The van der Waals surface area contributed by atoms with E-state index in [9.17, 15) is 18.0 Å². The van der Waals surface area contributed by atoms with Crippen LogP contribution >= 0.6 is 0 Å². The first-order valence-corrected chi connectivity index (χ1v) is 11.4. The Bertz CT molecular complexity index is 1360. The summed E-state index contributed by atoms with van der Waals surface area (Å²) in [4.78, 5) is 14.7. The summed E-state index contributed by atoms with van der Waals surface area (Å²) in [5.41, 5.74) is 2.28. The predicted octanol–water partition coefficient (Wildman–Crippen LogP) is 5.39. The van der Waals surface area contributed by atoms with Gasteiger partial charge in [-0.05, 0) is 74.3 Å². The van der Waals surface area contributed by atoms with Gasteiger partial charge in [-0.1, -0.05) is 18.2 Å². The van der Waals surface area contributed by atoms with E-state index < -0.39 is 11.7 Å². The van der Waals surface area contributed by atoms with E-state index in [1.54, 1.807) is 48.0 Å². The van der Waals surface area contributed by atoms with Crippen molar-refractivity contribution in [1.82, 2.24) is 19.7 Å². The minimum Gasteiger partial charge on any atom is -0.486 e. The van der Waals surface area contributed by atoms with Gasteiger partial charge in [-0.3, -0.25) is 4.79 Å². The van der Waals surface area contributed by atoms with Gasteiger partial charge in [-0.15, -0.1) is 10.2 Å². The SMILES string of the molecule is CN(C)Cc1ccc(C(=O)Nc2ccc(-c3nnc(COc4cccc(C(F)(F)F)c4)n3C)cc2)cc1. The molecule has 0 radical (unpaired) electrons. The molecular weight excluding hydrogens is 483 g/mol. The van der Waals surface area contributed by atoms with Crippen LogP contribution in [-0.2, 0) is 26.4 Å². The summed E-state index contributed by atoms with van der Waals surface area (Å²) >= 11 is 0. The molecule has 0 bridgehead atoms. The molecule has 10 heteroatoms.